The number of ether oxygens (including phenoxy) is 2. The van der Waals surface area contributed by atoms with Crippen LogP contribution in [-0.2, 0) is 21.6 Å². The Hall–Kier alpha value is -4.01. The van der Waals surface area contributed by atoms with Gasteiger partial charge in [0, 0.05) is 12.3 Å². The largest absolute Gasteiger partial charge is 0.481 e. The summed E-state index contributed by atoms with van der Waals surface area (Å²) < 4.78 is 37.5. The third-order valence-electron chi connectivity index (χ3n) is 6.10. The number of hydrogen-bond acceptors (Lipinski definition) is 6. The van der Waals surface area contributed by atoms with Crippen molar-refractivity contribution in [1.29, 1.82) is 0 Å². The van der Waals surface area contributed by atoms with Gasteiger partial charge in [-0.2, -0.15) is 0 Å². The van der Waals surface area contributed by atoms with Gasteiger partial charge in [0.25, 0.3) is 5.91 Å². The number of esters is 1. The first-order chi connectivity index (χ1) is 16.4. The molecule has 0 atom stereocenters. The third kappa shape index (κ3) is 3.93. The number of pyridine rings is 1. The van der Waals surface area contributed by atoms with Crippen LogP contribution in [0.15, 0.2) is 54.7 Å². The van der Waals surface area contributed by atoms with Crippen LogP contribution in [-0.4, -0.2) is 30.6 Å². The molecule has 5 rings (SSSR count). The second-order valence-corrected chi connectivity index (χ2v) is 8.30. The molecule has 1 aliphatic heterocycles. The molecule has 3 aromatic rings. The van der Waals surface area contributed by atoms with Crippen LogP contribution in [0.25, 0.3) is 0 Å². The van der Waals surface area contributed by atoms with Crippen molar-refractivity contribution in [3.05, 3.63) is 83.1 Å². The molecule has 2 aliphatic rings. The molecule has 34 heavy (non-hydrogen) atoms. The first-order valence-electron chi connectivity index (χ1n) is 10.7. The Morgan fingerprint density at radius 3 is 2.59 bits per heavy atom. The Morgan fingerprint density at radius 2 is 1.91 bits per heavy atom. The fourth-order valence-electron chi connectivity index (χ4n) is 4.12. The van der Waals surface area contributed by atoms with E-state index in [1.807, 2.05) is 12.1 Å². The zero-order valence-corrected chi connectivity index (χ0v) is 18.3. The van der Waals surface area contributed by atoms with Crippen molar-refractivity contribution in [2.45, 2.75) is 24.9 Å². The van der Waals surface area contributed by atoms with Crippen molar-refractivity contribution >= 4 is 23.4 Å². The normalized spacial score (nSPS) is 15.9. The predicted octanol–water partition coefficient (Wildman–Crippen LogP) is 4.17. The maximum Gasteiger partial charge on any atom is 0.337 e. The highest BCUT2D eigenvalue weighted by molar-refractivity contribution is 6.00. The van der Waals surface area contributed by atoms with Gasteiger partial charge in [-0.25, -0.2) is 18.6 Å². The zero-order valence-electron chi connectivity index (χ0n) is 18.3. The number of anilines is 2. The molecule has 0 spiro atoms. The van der Waals surface area contributed by atoms with Crippen molar-refractivity contribution in [2.75, 3.05) is 23.9 Å². The smallest absolute Gasteiger partial charge is 0.337 e. The number of carbonyl (C=O) groups is 2. The van der Waals surface area contributed by atoms with Crippen LogP contribution in [0.2, 0.25) is 0 Å². The van der Waals surface area contributed by atoms with Crippen LogP contribution in [0.5, 0.6) is 5.75 Å². The van der Waals surface area contributed by atoms with Gasteiger partial charge in [-0.05, 0) is 48.2 Å². The number of aromatic nitrogens is 1. The number of methoxy groups -OCH3 is 1. The maximum atomic E-state index is 13.8. The summed E-state index contributed by atoms with van der Waals surface area (Å²) in [7, 11) is 1.33. The average Bonchev–Trinajstić information content (AvgIpc) is 3.63. The van der Waals surface area contributed by atoms with Gasteiger partial charge in [0.15, 0.2) is 24.1 Å². The second kappa shape index (κ2) is 8.40. The number of amides is 1. The number of carbonyl (C=O) groups excluding carboxylic acids is 2. The molecular formula is C25H21F2N3O4. The molecule has 1 amide bonds. The van der Waals surface area contributed by atoms with Gasteiger partial charge in [0.2, 0.25) is 0 Å². The van der Waals surface area contributed by atoms with E-state index in [1.54, 1.807) is 24.4 Å². The quantitative estimate of drug-likeness (QED) is 0.551. The molecule has 1 fully saturated rings. The molecule has 1 aliphatic carbocycles. The SMILES string of the molecule is COC(=O)c1ccc(C2(Nc3nccc4c3N(Cc3ccc(F)c(F)c3)C(=O)CO4)CC2)cc1. The van der Waals surface area contributed by atoms with E-state index in [2.05, 4.69) is 10.3 Å². The van der Waals surface area contributed by atoms with Crippen molar-refractivity contribution in [1.82, 2.24) is 4.98 Å². The molecule has 2 aromatic carbocycles. The summed E-state index contributed by atoms with van der Waals surface area (Å²) in [6, 6.07) is 12.4. The molecule has 0 bridgehead atoms. The summed E-state index contributed by atoms with van der Waals surface area (Å²) in [4.78, 5) is 30.5. The van der Waals surface area contributed by atoms with Crippen molar-refractivity contribution < 1.29 is 27.8 Å². The highest BCUT2D eigenvalue weighted by Crippen LogP contribution is 2.50. The Balaban J connectivity index is 1.46. The van der Waals surface area contributed by atoms with E-state index in [0.717, 1.165) is 30.5 Å². The lowest BCUT2D eigenvalue weighted by molar-refractivity contribution is -0.121. The fourth-order valence-corrected chi connectivity index (χ4v) is 4.12. The lowest BCUT2D eigenvalue weighted by Crippen LogP contribution is -2.39. The Kier molecular flexibility index (Phi) is 5.39. The van der Waals surface area contributed by atoms with E-state index < -0.39 is 23.1 Å². The van der Waals surface area contributed by atoms with E-state index >= 15 is 0 Å². The first-order valence-corrected chi connectivity index (χ1v) is 10.7. The third-order valence-corrected chi connectivity index (χ3v) is 6.10. The van der Waals surface area contributed by atoms with Gasteiger partial charge >= 0.3 is 5.97 Å². The molecular weight excluding hydrogens is 444 g/mol. The molecule has 0 radical (unpaired) electrons. The van der Waals surface area contributed by atoms with E-state index in [4.69, 9.17) is 9.47 Å². The monoisotopic (exact) mass is 465 g/mol. The van der Waals surface area contributed by atoms with Crippen molar-refractivity contribution in [2.24, 2.45) is 0 Å². The summed E-state index contributed by atoms with van der Waals surface area (Å²) in [5.41, 5.74) is 1.89. The van der Waals surface area contributed by atoms with Gasteiger partial charge in [0.05, 0.1) is 24.8 Å². The second-order valence-electron chi connectivity index (χ2n) is 8.30. The summed E-state index contributed by atoms with van der Waals surface area (Å²) >= 11 is 0. The minimum Gasteiger partial charge on any atom is -0.481 e. The van der Waals surface area contributed by atoms with Crippen LogP contribution in [0.1, 0.15) is 34.3 Å². The summed E-state index contributed by atoms with van der Waals surface area (Å²) in [5, 5.41) is 3.46. The first kappa shape index (κ1) is 21.8. The lowest BCUT2D eigenvalue weighted by atomic mass is 10.0. The van der Waals surface area contributed by atoms with E-state index in [0.29, 0.717) is 28.4 Å². The highest BCUT2D eigenvalue weighted by Gasteiger charge is 2.46. The van der Waals surface area contributed by atoms with Gasteiger partial charge in [-0.3, -0.25) is 9.69 Å². The summed E-state index contributed by atoms with van der Waals surface area (Å²) in [5.74, 6) is -1.74. The Bertz CT molecular complexity index is 1280. The Labute approximate surface area is 194 Å². The minimum absolute atomic E-state index is 0.0353. The van der Waals surface area contributed by atoms with E-state index in [9.17, 15) is 18.4 Å². The number of benzene rings is 2. The van der Waals surface area contributed by atoms with E-state index in [-0.39, 0.29) is 19.1 Å². The zero-order chi connectivity index (χ0) is 23.9. The maximum absolute atomic E-state index is 13.8. The standard InChI is InChI=1S/C25H21F2N3O4/c1-33-24(32)16-3-5-17(6-4-16)25(9-10-25)29-23-22-20(8-11-28-23)34-14-21(31)30(22)13-15-2-7-18(26)19(27)12-15/h2-8,11-12H,9-10,13-14H2,1H3,(H,28,29). The van der Waals surface area contributed by atoms with Crippen LogP contribution in [0.3, 0.4) is 0 Å². The topological polar surface area (TPSA) is 80.8 Å². The number of nitrogens with zero attached hydrogens (tertiary/aromatic N) is 2. The molecule has 7 nitrogen and oxygen atoms in total. The van der Waals surface area contributed by atoms with Gasteiger partial charge < -0.3 is 14.8 Å². The van der Waals surface area contributed by atoms with Gasteiger partial charge in [-0.1, -0.05) is 18.2 Å². The van der Waals surface area contributed by atoms with Crippen LogP contribution >= 0.6 is 0 Å². The van der Waals surface area contributed by atoms with Gasteiger partial charge in [-0.15, -0.1) is 0 Å². The van der Waals surface area contributed by atoms with Gasteiger partial charge in [0.1, 0.15) is 11.4 Å². The number of hydrogen-bond donors (Lipinski definition) is 1. The molecule has 174 valence electrons. The number of halogens is 2. The summed E-state index contributed by atoms with van der Waals surface area (Å²) in [6.07, 6.45) is 3.24. The molecule has 1 saturated carbocycles. The summed E-state index contributed by atoms with van der Waals surface area (Å²) in [6.45, 7) is -0.131. The molecule has 2 heterocycles. The van der Waals surface area contributed by atoms with Crippen LogP contribution < -0.4 is 15.0 Å². The number of nitrogens with one attached hydrogen (secondary N) is 1. The number of rotatable bonds is 6. The van der Waals surface area contributed by atoms with Crippen molar-refractivity contribution in [3.8, 4) is 5.75 Å². The Morgan fingerprint density at radius 1 is 1.15 bits per heavy atom. The fraction of sp³-hybridized carbons (Fsp3) is 0.240. The molecule has 9 heteroatoms. The molecule has 1 N–H and O–H groups in total. The average molecular weight is 465 g/mol. The predicted molar refractivity (Wildman–Crippen MR) is 120 cm³/mol. The van der Waals surface area contributed by atoms with Crippen LogP contribution in [0.4, 0.5) is 20.3 Å². The molecule has 0 unspecified atom stereocenters. The molecule has 0 saturated heterocycles. The highest BCUT2D eigenvalue weighted by atomic mass is 19.2. The minimum atomic E-state index is -0.977. The van der Waals surface area contributed by atoms with Crippen molar-refractivity contribution in [3.63, 3.8) is 0 Å². The van der Waals surface area contributed by atoms with Crippen LogP contribution in [0, 0.1) is 11.6 Å². The number of fused-ring (bicyclic) bond motifs is 1. The lowest BCUT2D eigenvalue weighted by Gasteiger charge is -2.32. The molecule has 1 aromatic heterocycles. The van der Waals surface area contributed by atoms with E-state index in [1.165, 1.54) is 18.1 Å².